The van der Waals surface area contributed by atoms with Crippen molar-refractivity contribution >= 4 is 11.7 Å². The van der Waals surface area contributed by atoms with Crippen molar-refractivity contribution in [2.45, 2.75) is 20.1 Å². The molecule has 0 amide bonds. The zero-order valence-electron chi connectivity index (χ0n) is 10.2. The van der Waals surface area contributed by atoms with Crippen LogP contribution < -0.4 is 5.73 Å². The molecule has 5 heteroatoms. The van der Waals surface area contributed by atoms with Crippen molar-refractivity contribution in [2.75, 3.05) is 5.73 Å². The van der Waals surface area contributed by atoms with E-state index in [0.29, 0.717) is 11.4 Å². The van der Waals surface area contributed by atoms with Gasteiger partial charge in [-0.3, -0.25) is 9.48 Å². The molecule has 0 saturated heterocycles. The Kier molecular flexibility index (Phi) is 3.62. The van der Waals surface area contributed by atoms with Gasteiger partial charge >= 0.3 is 5.97 Å². The zero-order chi connectivity index (χ0) is 13.0. The van der Waals surface area contributed by atoms with Crippen molar-refractivity contribution in [1.29, 1.82) is 0 Å². The summed E-state index contributed by atoms with van der Waals surface area (Å²) in [5.41, 5.74) is 7.89. The second-order valence-electron chi connectivity index (χ2n) is 4.01. The number of rotatable bonds is 4. The first-order valence-electron chi connectivity index (χ1n) is 5.64. The minimum Gasteiger partial charge on any atom is -0.459 e. The Morgan fingerprint density at radius 1 is 1.39 bits per heavy atom. The smallest absolute Gasteiger partial charge is 0.328 e. The van der Waals surface area contributed by atoms with E-state index in [1.165, 1.54) is 4.68 Å². The van der Waals surface area contributed by atoms with Gasteiger partial charge in [0, 0.05) is 6.20 Å². The van der Waals surface area contributed by atoms with Crippen molar-refractivity contribution < 1.29 is 9.53 Å². The maximum Gasteiger partial charge on any atom is 0.328 e. The van der Waals surface area contributed by atoms with Crippen LogP contribution in [0.5, 0.6) is 0 Å². The van der Waals surface area contributed by atoms with Crippen LogP contribution >= 0.6 is 0 Å². The highest BCUT2D eigenvalue weighted by Crippen LogP contribution is 2.07. The average molecular weight is 245 g/mol. The topological polar surface area (TPSA) is 70.1 Å². The molecule has 0 atom stereocenters. The lowest BCUT2D eigenvalue weighted by Gasteiger charge is -2.04. The molecule has 0 spiro atoms. The lowest BCUT2D eigenvalue weighted by molar-refractivity contribution is -0.145. The Hall–Kier alpha value is -2.30. The summed E-state index contributed by atoms with van der Waals surface area (Å²) < 4.78 is 6.62. The largest absolute Gasteiger partial charge is 0.459 e. The molecule has 2 rings (SSSR count). The number of nitrogens with two attached hydrogens (primary N) is 1. The highest BCUT2D eigenvalue weighted by atomic mass is 16.5. The number of aryl methyl sites for hydroxylation is 1. The van der Waals surface area contributed by atoms with Crippen LogP contribution in [0.1, 0.15) is 11.3 Å². The standard InChI is InChI=1S/C13H15N3O2/c1-10-12(14)7-16(15-10)8-13(17)18-9-11-5-3-2-4-6-11/h2-7H,8-9,14H2,1H3. The van der Waals surface area contributed by atoms with Gasteiger partial charge in [0.15, 0.2) is 0 Å². The number of nitrogens with zero attached hydrogens (tertiary/aromatic N) is 2. The molecule has 0 unspecified atom stereocenters. The van der Waals surface area contributed by atoms with Crippen LogP contribution in [-0.4, -0.2) is 15.7 Å². The Bertz CT molecular complexity index is 515. The van der Waals surface area contributed by atoms with E-state index >= 15 is 0 Å². The Balaban J connectivity index is 1.86. The lowest BCUT2D eigenvalue weighted by atomic mass is 10.2. The van der Waals surface area contributed by atoms with Gasteiger partial charge in [-0.05, 0) is 12.5 Å². The van der Waals surface area contributed by atoms with Crippen LogP contribution in [0.4, 0.5) is 5.69 Å². The van der Waals surface area contributed by atoms with E-state index in [9.17, 15) is 4.79 Å². The third-order valence-electron chi connectivity index (χ3n) is 2.52. The number of benzene rings is 1. The van der Waals surface area contributed by atoms with Gasteiger partial charge in [0.25, 0.3) is 0 Å². The second-order valence-corrected chi connectivity index (χ2v) is 4.01. The van der Waals surface area contributed by atoms with Gasteiger partial charge in [-0.15, -0.1) is 0 Å². The number of aromatic nitrogens is 2. The van der Waals surface area contributed by atoms with Crippen LogP contribution in [0.2, 0.25) is 0 Å². The van der Waals surface area contributed by atoms with Crippen LogP contribution in [0.15, 0.2) is 36.5 Å². The van der Waals surface area contributed by atoms with Gasteiger partial charge in [-0.1, -0.05) is 30.3 Å². The van der Waals surface area contributed by atoms with Crippen molar-refractivity contribution in [3.8, 4) is 0 Å². The van der Waals surface area contributed by atoms with E-state index in [0.717, 1.165) is 5.56 Å². The predicted octanol–water partition coefficient (Wildman–Crippen LogP) is 1.52. The van der Waals surface area contributed by atoms with Crippen molar-refractivity contribution in [3.63, 3.8) is 0 Å². The highest BCUT2D eigenvalue weighted by molar-refractivity contribution is 5.69. The molecular formula is C13H15N3O2. The Morgan fingerprint density at radius 2 is 2.11 bits per heavy atom. The van der Waals surface area contributed by atoms with Crippen molar-refractivity contribution in [2.24, 2.45) is 0 Å². The molecule has 1 aromatic carbocycles. The second kappa shape index (κ2) is 5.35. The summed E-state index contributed by atoms with van der Waals surface area (Å²) in [7, 11) is 0. The first kappa shape index (κ1) is 12.2. The molecule has 0 saturated carbocycles. The molecule has 94 valence electrons. The summed E-state index contributed by atoms with van der Waals surface area (Å²) >= 11 is 0. The Morgan fingerprint density at radius 3 is 2.72 bits per heavy atom. The van der Waals surface area contributed by atoms with Crippen LogP contribution in [-0.2, 0) is 22.7 Å². The summed E-state index contributed by atoms with van der Waals surface area (Å²) in [6.07, 6.45) is 1.62. The van der Waals surface area contributed by atoms with Gasteiger partial charge in [-0.2, -0.15) is 5.10 Å². The number of carbonyl (C=O) groups is 1. The number of carbonyl (C=O) groups excluding carboxylic acids is 1. The molecule has 1 aromatic heterocycles. The Labute approximate surface area is 105 Å². The number of esters is 1. The minimum absolute atomic E-state index is 0.0743. The molecule has 5 nitrogen and oxygen atoms in total. The third kappa shape index (κ3) is 3.10. The normalized spacial score (nSPS) is 10.3. The fourth-order valence-corrected chi connectivity index (χ4v) is 1.53. The van der Waals surface area contributed by atoms with Crippen LogP contribution in [0, 0.1) is 6.92 Å². The molecule has 0 aliphatic heterocycles. The number of anilines is 1. The van der Waals surface area contributed by atoms with Crippen molar-refractivity contribution in [3.05, 3.63) is 47.8 Å². The molecule has 1 heterocycles. The fourth-order valence-electron chi connectivity index (χ4n) is 1.53. The SMILES string of the molecule is Cc1nn(CC(=O)OCc2ccccc2)cc1N. The quantitative estimate of drug-likeness (QED) is 0.829. The van der Waals surface area contributed by atoms with E-state index in [2.05, 4.69) is 5.10 Å². The number of hydrogen-bond acceptors (Lipinski definition) is 4. The maximum absolute atomic E-state index is 11.6. The lowest BCUT2D eigenvalue weighted by Crippen LogP contribution is -2.14. The van der Waals surface area contributed by atoms with Gasteiger partial charge in [-0.25, -0.2) is 0 Å². The molecule has 0 bridgehead atoms. The minimum atomic E-state index is -0.332. The van der Waals surface area contributed by atoms with E-state index in [1.807, 2.05) is 30.3 Å². The summed E-state index contributed by atoms with van der Waals surface area (Å²) in [6, 6.07) is 9.54. The molecule has 18 heavy (non-hydrogen) atoms. The average Bonchev–Trinajstić information content (AvgIpc) is 2.67. The highest BCUT2D eigenvalue weighted by Gasteiger charge is 2.07. The zero-order valence-corrected chi connectivity index (χ0v) is 10.2. The fraction of sp³-hybridized carbons (Fsp3) is 0.231. The summed E-state index contributed by atoms with van der Waals surface area (Å²) in [4.78, 5) is 11.6. The number of ether oxygens (including phenoxy) is 1. The van der Waals surface area contributed by atoms with Crippen molar-refractivity contribution in [1.82, 2.24) is 9.78 Å². The molecule has 0 aliphatic carbocycles. The van der Waals surface area contributed by atoms with Gasteiger partial charge in [0.1, 0.15) is 13.2 Å². The summed E-state index contributed by atoms with van der Waals surface area (Å²) in [5, 5.41) is 4.10. The first-order valence-corrected chi connectivity index (χ1v) is 5.64. The van der Waals surface area contributed by atoms with Crippen LogP contribution in [0.25, 0.3) is 0 Å². The number of hydrogen-bond donors (Lipinski definition) is 1. The summed E-state index contributed by atoms with van der Waals surface area (Å²) in [5.74, 6) is -0.332. The van der Waals surface area contributed by atoms with E-state index < -0.39 is 0 Å². The van der Waals surface area contributed by atoms with E-state index in [-0.39, 0.29) is 19.1 Å². The van der Waals surface area contributed by atoms with Gasteiger partial charge < -0.3 is 10.5 Å². The molecule has 0 aliphatic rings. The first-order chi connectivity index (χ1) is 8.65. The molecular weight excluding hydrogens is 230 g/mol. The predicted molar refractivity (Wildman–Crippen MR) is 67.6 cm³/mol. The number of nitrogen functional groups attached to an aromatic ring is 1. The third-order valence-corrected chi connectivity index (χ3v) is 2.52. The van der Waals surface area contributed by atoms with E-state index in [4.69, 9.17) is 10.5 Å². The monoisotopic (exact) mass is 245 g/mol. The maximum atomic E-state index is 11.6. The summed E-state index contributed by atoms with van der Waals surface area (Å²) in [6.45, 7) is 2.14. The molecule has 2 aromatic rings. The van der Waals surface area contributed by atoms with Gasteiger partial charge in [0.2, 0.25) is 0 Å². The molecule has 2 N–H and O–H groups in total. The molecule has 0 radical (unpaired) electrons. The van der Waals surface area contributed by atoms with E-state index in [1.54, 1.807) is 13.1 Å². The van der Waals surface area contributed by atoms with Gasteiger partial charge in [0.05, 0.1) is 11.4 Å². The molecule has 0 fully saturated rings. The van der Waals surface area contributed by atoms with Crippen LogP contribution in [0.3, 0.4) is 0 Å².